The molecule has 3 atom stereocenters. The molecule has 5 rings (SSSR count). The fourth-order valence-corrected chi connectivity index (χ4v) is 5.33. The van der Waals surface area contributed by atoms with E-state index in [0.717, 1.165) is 25.7 Å². The van der Waals surface area contributed by atoms with Gasteiger partial charge in [0.15, 0.2) is 5.78 Å². The number of aliphatic hydroxyl groups is 1. The maximum atomic E-state index is 13.2. The van der Waals surface area contributed by atoms with Crippen molar-refractivity contribution in [2.24, 2.45) is 5.92 Å². The molecule has 1 spiro atoms. The number of para-hydroxylation sites is 1. The Morgan fingerprint density at radius 1 is 1.00 bits per heavy atom. The van der Waals surface area contributed by atoms with Crippen molar-refractivity contribution < 1.29 is 14.6 Å². The number of rotatable bonds is 1. The van der Waals surface area contributed by atoms with Crippen molar-refractivity contribution in [1.82, 2.24) is 0 Å². The first-order valence-electron chi connectivity index (χ1n) is 9.51. The summed E-state index contributed by atoms with van der Waals surface area (Å²) in [6.07, 6.45) is 4.42. The molecule has 0 saturated heterocycles. The van der Waals surface area contributed by atoms with Crippen LogP contribution in [0.2, 0.25) is 0 Å². The summed E-state index contributed by atoms with van der Waals surface area (Å²) >= 11 is 0. The number of hydrogen-bond donors (Lipinski definition) is 1. The Bertz CT molecular complexity index is 899. The van der Waals surface area contributed by atoms with Crippen LogP contribution in [0.4, 0.5) is 0 Å². The number of hydrogen-bond acceptors (Lipinski definition) is 3. The van der Waals surface area contributed by atoms with Gasteiger partial charge in [-0.25, -0.2) is 0 Å². The van der Waals surface area contributed by atoms with Crippen molar-refractivity contribution in [2.75, 3.05) is 0 Å². The SMILES string of the molecule is O=C1C[C@@H](c2ccccc2)[C@@H]2CCCCC23Oc2ccccc2C(O)=C13. The summed E-state index contributed by atoms with van der Waals surface area (Å²) in [7, 11) is 0. The van der Waals surface area contributed by atoms with Crippen LogP contribution in [-0.2, 0) is 4.79 Å². The molecule has 2 aromatic rings. The molecule has 0 bridgehead atoms. The first-order chi connectivity index (χ1) is 12.7. The fraction of sp³-hybridized carbons (Fsp3) is 0.348. The van der Waals surface area contributed by atoms with Crippen molar-refractivity contribution in [2.45, 2.75) is 43.6 Å². The van der Waals surface area contributed by atoms with E-state index in [0.29, 0.717) is 23.3 Å². The van der Waals surface area contributed by atoms with Crippen LogP contribution in [0.1, 0.15) is 49.1 Å². The third kappa shape index (κ3) is 2.09. The van der Waals surface area contributed by atoms with Crippen molar-refractivity contribution in [3.63, 3.8) is 0 Å². The number of fused-ring (bicyclic) bond motifs is 1. The second kappa shape index (κ2) is 5.73. The van der Waals surface area contributed by atoms with E-state index in [2.05, 4.69) is 12.1 Å². The Labute approximate surface area is 153 Å². The van der Waals surface area contributed by atoms with Crippen LogP contribution in [0, 0.1) is 5.92 Å². The van der Waals surface area contributed by atoms with Crippen LogP contribution in [0.5, 0.6) is 5.75 Å². The highest BCUT2D eigenvalue weighted by molar-refractivity contribution is 6.06. The first kappa shape index (κ1) is 15.7. The van der Waals surface area contributed by atoms with E-state index in [4.69, 9.17) is 4.74 Å². The molecule has 1 aliphatic heterocycles. The highest BCUT2D eigenvalue weighted by Crippen LogP contribution is 2.57. The lowest BCUT2D eigenvalue weighted by molar-refractivity contribution is -0.125. The molecule has 26 heavy (non-hydrogen) atoms. The lowest BCUT2D eigenvalue weighted by atomic mass is 9.57. The Morgan fingerprint density at radius 2 is 1.77 bits per heavy atom. The molecule has 0 radical (unpaired) electrons. The van der Waals surface area contributed by atoms with Crippen molar-refractivity contribution in [3.8, 4) is 5.75 Å². The van der Waals surface area contributed by atoms with Crippen molar-refractivity contribution in [3.05, 3.63) is 71.3 Å². The van der Waals surface area contributed by atoms with Crippen molar-refractivity contribution in [1.29, 1.82) is 0 Å². The Hall–Kier alpha value is -2.55. The third-order valence-electron chi connectivity index (χ3n) is 6.40. The molecule has 2 aliphatic carbocycles. The Balaban J connectivity index is 1.70. The van der Waals surface area contributed by atoms with Crippen LogP contribution in [0.25, 0.3) is 5.76 Å². The van der Waals surface area contributed by atoms with Gasteiger partial charge in [-0.2, -0.15) is 0 Å². The Kier molecular flexibility index (Phi) is 3.46. The summed E-state index contributed by atoms with van der Waals surface area (Å²) in [5.74, 6) is 1.22. The predicted molar refractivity (Wildman–Crippen MR) is 100 cm³/mol. The molecule has 3 heteroatoms. The van der Waals surface area contributed by atoms with Gasteiger partial charge in [-0.05, 0) is 42.9 Å². The maximum Gasteiger partial charge on any atom is 0.167 e. The summed E-state index contributed by atoms with van der Waals surface area (Å²) < 4.78 is 6.58. The fourth-order valence-electron chi connectivity index (χ4n) is 5.33. The Morgan fingerprint density at radius 3 is 2.62 bits per heavy atom. The molecule has 132 valence electrons. The third-order valence-corrected chi connectivity index (χ3v) is 6.40. The van der Waals surface area contributed by atoms with E-state index in [1.165, 1.54) is 5.56 Å². The van der Waals surface area contributed by atoms with Crippen LogP contribution >= 0.6 is 0 Å². The van der Waals surface area contributed by atoms with Crippen LogP contribution < -0.4 is 4.74 Å². The number of ether oxygens (including phenoxy) is 1. The quantitative estimate of drug-likeness (QED) is 0.787. The van der Waals surface area contributed by atoms with E-state index in [9.17, 15) is 9.90 Å². The van der Waals surface area contributed by atoms with E-state index < -0.39 is 5.60 Å². The van der Waals surface area contributed by atoms with E-state index in [1.54, 1.807) is 0 Å². The molecule has 0 aromatic heterocycles. The number of carbonyl (C=O) groups is 1. The number of benzene rings is 2. The summed E-state index contributed by atoms with van der Waals surface area (Å²) in [5.41, 5.74) is 1.68. The van der Waals surface area contributed by atoms with Gasteiger partial charge in [0.2, 0.25) is 0 Å². The van der Waals surface area contributed by atoms with Gasteiger partial charge in [-0.3, -0.25) is 4.79 Å². The lowest BCUT2D eigenvalue weighted by Gasteiger charge is -2.53. The van der Waals surface area contributed by atoms with Gasteiger partial charge in [0, 0.05) is 12.3 Å². The van der Waals surface area contributed by atoms with Crippen LogP contribution in [-0.4, -0.2) is 16.5 Å². The standard InChI is InChI=1S/C23H22O3/c24-19-14-17(15-8-2-1-3-9-15)18-11-6-7-13-23(18)21(19)22(25)16-10-4-5-12-20(16)26-23/h1-5,8-10,12,17-18,25H,6-7,11,13-14H2/t17-,18-,23?/m0/s1. The van der Waals surface area contributed by atoms with Gasteiger partial charge in [-0.1, -0.05) is 48.9 Å². The summed E-state index contributed by atoms with van der Waals surface area (Å²) in [6, 6.07) is 17.8. The van der Waals surface area contributed by atoms with Gasteiger partial charge >= 0.3 is 0 Å². The zero-order valence-corrected chi connectivity index (χ0v) is 14.7. The number of carbonyl (C=O) groups excluding carboxylic acids is 1. The average Bonchev–Trinajstić information content (AvgIpc) is 2.67. The normalized spacial score (nSPS) is 30.1. The maximum absolute atomic E-state index is 13.2. The second-order valence-corrected chi connectivity index (χ2v) is 7.71. The molecule has 1 N–H and O–H groups in total. The van der Waals surface area contributed by atoms with Gasteiger partial charge in [0.05, 0.1) is 11.1 Å². The largest absolute Gasteiger partial charge is 0.507 e. The molecule has 1 unspecified atom stereocenters. The van der Waals surface area contributed by atoms with Gasteiger partial charge in [0.25, 0.3) is 0 Å². The second-order valence-electron chi connectivity index (χ2n) is 7.71. The van der Waals surface area contributed by atoms with Crippen LogP contribution in [0.3, 0.4) is 0 Å². The number of Topliss-reactive ketones (excluding diaryl/α,β-unsaturated/α-hetero) is 1. The molecule has 3 nitrogen and oxygen atoms in total. The first-order valence-corrected chi connectivity index (χ1v) is 9.51. The average molecular weight is 346 g/mol. The smallest absolute Gasteiger partial charge is 0.167 e. The monoisotopic (exact) mass is 346 g/mol. The predicted octanol–water partition coefficient (Wildman–Crippen LogP) is 5.03. The lowest BCUT2D eigenvalue weighted by Crippen LogP contribution is -2.56. The topological polar surface area (TPSA) is 46.5 Å². The minimum Gasteiger partial charge on any atom is -0.507 e. The minimum absolute atomic E-state index is 0.0315. The highest BCUT2D eigenvalue weighted by atomic mass is 16.5. The van der Waals surface area contributed by atoms with Crippen molar-refractivity contribution >= 4 is 11.5 Å². The van der Waals surface area contributed by atoms with E-state index in [1.807, 2.05) is 42.5 Å². The molecule has 0 amide bonds. The zero-order valence-electron chi connectivity index (χ0n) is 14.7. The molecule has 3 aliphatic rings. The van der Waals surface area contributed by atoms with E-state index in [-0.39, 0.29) is 23.4 Å². The van der Waals surface area contributed by atoms with Crippen LogP contribution in [0.15, 0.2) is 60.2 Å². The summed E-state index contributed by atoms with van der Waals surface area (Å²) in [5, 5.41) is 11.0. The summed E-state index contributed by atoms with van der Waals surface area (Å²) in [6.45, 7) is 0. The number of aliphatic hydroxyl groups excluding tert-OH is 1. The number of ketones is 1. The molecular formula is C23H22O3. The van der Waals surface area contributed by atoms with E-state index >= 15 is 0 Å². The van der Waals surface area contributed by atoms with Gasteiger partial charge in [-0.15, -0.1) is 0 Å². The molecule has 1 heterocycles. The van der Waals surface area contributed by atoms with Gasteiger partial charge in [0.1, 0.15) is 17.1 Å². The highest BCUT2D eigenvalue weighted by Gasteiger charge is 2.58. The molecule has 2 saturated carbocycles. The summed E-state index contributed by atoms with van der Waals surface area (Å²) in [4.78, 5) is 13.2. The molecule has 2 fully saturated rings. The molecular weight excluding hydrogens is 324 g/mol. The molecule has 2 aromatic carbocycles. The van der Waals surface area contributed by atoms with Gasteiger partial charge < -0.3 is 9.84 Å². The zero-order chi connectivity index (χ0) is 17.7. The minimum atomic E-state index is -0.688.